The molecule has 2 aromatic rings. The third kappa shape index (κ3) is 4.28. The SMILES string of the molecule is CC[C@H](C)c1ccc(S(=O)(=O)N2CCN(c3ccc(OC)cc3)CC2)cc1. The smallest absolute Gasteiger partial charge is 0.243 e. The van der Waals surface area contributed by atoms with Gasteiger partial charge in [-0.1, -0.05) is 26.0 Å². The minimum absolute atomic E-state index is 0.382. The van der Waals surface area contributed by atoms with Gasteiger partial charge >= 0.3 is 0 Å². The molecule has 1 heterocycles. The molecule has 2 aromatic carbocycles. The first kappa shape index (κ1) is 19.7. The maximum absolute atomic E-state index is 13.0. The van der Waals surface area contributed by atoms with Gasteiger partial charge in [0.1, 0.15) is 5.75 Å². The van der Waals surface area contributed by atoms with Gasteiger partial charge in [-0.25, -0.2) is 8.42 Å². The number of hydrogen-bond donors (Lipinski definition) is 0. The summed E-state index contributed by atoms with van der Waals surface area (Å²) in [6.45, 7) is 6.62. The predicted molar refractivity (Wildman–Crippen MR) is 109 cm³/mol. The van der Waals surface area contributed by atoms with E-state index in [1.807, 2.05) is 36.4 Å². The van der Waals surface area contributed by atoms with Gasteiger partial charge in [-0.05, 0) is 54.3 Å². The second kappa shape index (κ2) is 8.31. The van der Waals surface area contributed by atoms with E-state index >= 15 is 0 Å². The molecule has 0 spiro atoms. The molecule has 0 saturated carbocycles. The highest BCUT2D eigenvalue weighted by atomic mass is 32.2. The highest BCUT2D eigenvalue weighted by Gasteiger charge is 2.28. The molecular weight excluding hydrogens is 360 g/mol. The van der Waals surface area contributed by atoms with Gasteiger partial charge in [0.2, 0.25) is 10.0 Å². The van der Waals surface area contributed by atoms with Crippen molar-refractivity contribution < 1.29 is 13.2 Å². The Kier molecular flexibility index (Phi) is 6.07. The topological polar surface area (TPSA) is 49.9 Å². The van der Waals surface area contributed by atoms with Crippen LogP contribution >= 0.6 is 0 Å². The average molecular weight is 389 g/mol. The fourth-order valence-corrected chi connectivity index (χ4v) is 4.75. The quantitative estimate of drug-likeness (QED) is 0.757. The number of nitrogens with zero attached hydrogens (tertiary/aromatic N) is 2. The molecule has 0 unspecified atom stereocenters. The molecule has 1 saturated heterocycles. The molecule has 3 rings (SSSR count). The lowest BCUT2D eigenvalue weighted by atomic mass is 9.99. The van der Waals surface area contributed by atoms with Crippen LogP contribution in [0.5, 0.6) is 5.75 Å². The van der Waals surface area contributed by atoms with Crippen LogP contribution in [0.25, 0.3) is 0 Å². The van der Waals surface area contributed by atoms with Crippen molar-refractivity contribution in [3.8, 4) is 5.75 Å². The van der Waals surface area contributed by atoms with Gasteiger partial charge in [0.15, 0.2) is 0 Å². The van der Waals surface area contributed by atoms with Gasteiger partial charge in [-0.3, -0.25) is 0 Å². The van der Waals surface area contributed by atoms with Crippen LogP contribution in [-0.2, 0) is 10.0 Å². The van der Waals surface area contributed by atoms with Crippen LogP contribution in [0, 0.1) is 0 Å². The molecule has 146 valence electrons. The molecule has 1 fully saturated rings. The number of methoxy groups -OCH3 is 1. The van der Waals surface area contributed by atoms with Crippen molar-refractivity contribution in [3.05, 3.63) is 54.1 Å². The molecule has 5 nitrogen and oxygen atoms in total. The Morgan fingerprint density at radius 3 is 2.07 bits per heavy atom. The lowest BCUT2D eigenvalue weighted by Gasteiger charge is -2.35. The first-order valence-corrected chi connectivity index (χ1v) is 10.9. The molecule has 1 atom stereocenters. The summed E-state index contributed by atoms with van der Waals surface area (Å²) in [5.41, 5.74) is 2.27. The summed E-state index contributed by atoms with van der Waals surface area (Å²) in [4.78, 5) is 2.59. The molecule has 27 heavy (non-hydrogen) atoms. The minimum atomic E-state index is -3.44. The highest BCUT2D eigenvalue weighted by Crippen LogP contribution is 2.25. The number of anilines is 1. The Morgan fingerprint density at radius 1 is 0.963 bits per heavy atom. The molecule has 0 radical (unpaired) electrons. The number of ether oxygens (including phenoxy) is 1. The fraction of sp³-hybridized carbons (Fsp3) is 0.429. The molecule has 6 heteroatoms. The van der Waals surface area contributed by atoms with Crippen LogP contribution in [0.3, 0.4) is 0 Å². The molecule has 0 N–H and O–H groups in total. The van der Waals surface area contributed by atoms with Crippen molar-refractivity contribution in [2.75, 3.05) is 38.2 Å². The van der Waals surface area contributed by atoms with Crippen LogP contribution in [0.2, 0.25) is 0 Å². The van der Waals surface area contributed by atoms with Crippen molar-refractivity contribution >= 4 is 15.7 Å². The molecule has 1 aliphatic heterocycles. The summed E-state index contributed by atoms with van der Waals surface area (Å²) >= 11 is 0. The third-order valence-electron chi connectivity index (χ3n) is 5.38. The number of piperazine rings is 1. The molecular formula is C21H28N2O3S. The van der Waals surface area contributed by atoms with E-state index in [9.17, 15) is 8.42 Å². The second-order valence-corrected chi connectivity index (χ2v) is 8.91. The van der Waals surface area contributed by atoms with Gasteiger partial charge in [-0.2, -0.15) is 4.31 Å². The van der Waals surface area contributed by atoms with E-state index in [-0.39, 0.29) is 0 Å². The van der Waals surface area contributed by atoms with E-state index in [4.69, 9.17) is 4.74 Å². The lowest BCUT2D eigenvalue weighted by molar-refractivity contribution is 0.384. The summed E-state index contributed by atoms with van der Waals surface area (Å²) in [7, 11) is -1.79. The van der Waals surface area contributed by atoms with Gasteiger partial charge in [0.25, 0.3) is 0 Å². The second-order valence-electron chi connectivity index (χ2n) is 6.97. The summed E-state index contributed by atoms with van der Waals surface area (Å²) in [5, 5.41) is 0. The minimum Gasteiger partial charge on any atom is -0.497 e. The Balaban J connectivity index is 1.67. The van der Waals surface area contributed by atoms with Gasteiger partial charge in [0, 0.05) is 31.9 Å². The normalized spacial score (nSPS) is 16.9. The van der Waals surface area contributed by atoms with Crippen LogP contribution in [0.15, 0.2) is 53.4 Å². The van der Waals surface area contributed by atoms with E-state index in [0.717, 1.165) is 17.9 Å². The number of benzene rings is 2. The van der Waals surface area contributed by atoms with E-state index < -0.39 is 10.0 Å². The highest BCUT2D eigenvalue weighted by molar-refractivity contribution is 7.89. The van der Waals surface area contributed by atoms with Crippen molar-refractivity contribution in [2.45, 2.75) is 31.1 Å². The Bertz CT molecular complexity index is 840. The molecule has 1 aliphatic rings. The Labute approximate surface area is 162 Å². The summed E-state index contributed by atoms with van der Waals surface area (Å²) in [6, 6.07) is 15.2. The first-order valence-electron chi connectivity index (χ1n) is 9.45. The van der Waals surface area contributed by atoms with Crippen molar-refractivity contribution in [1.29, 1.82) is 0 Å². The van der Waals surface area contributed by atoms with Crippen molar-refractivity contribution in [1.82, 2.24) is 4.31 Å². The van der Waals surface area contributed by atoms with Crippen molar-refractivity contribution in [2.24, 2.45) is 0 Å². The zero-order chi connectivity index (χ0) is 19.4. The number of rotatable bonds is 6. The van der Waals surface area contributed by atoms with Gasteiger partial charge in [-0.15, -0.1) is 0 Å². The summed E-state index contributed by atoms with van der Waals surface area (Å²) < 4.78 is 32.7. The average Bonchev–Trinajstić information content (AvgIpc) is 2.73. The molecule has 0 aromatic heterocycles. The third-order valence-corrected chi connectivity index (χ3v) is 7.29. The van der Waals surface area contributed by atoms with Crippen molar-refractivity contribution in [3.63, 3.8) is 0 Å². The van der Waals surface area contributed by atoms with E-state index in [2.05, 4.69) is 18.7 Å². The summed E-state index contributed by atoms with van der Waals surface area (Å²) in [5.74, 6) is 1.26. The van der Waals surface area contributed by atoms with Crippen LogP contribution < -0.4 is 9.64 Å². The number of sulfonamides is 1. The van der Waals surface area contributed by atoms with Crippen LogP contribution in [-0.4, -0.2) is 46.0 Å². The zero-order valence-corrected chi connectivity index (χ0v) is 17.1. The van der Waals surface area contributed by atoms with Gasteiger partial charge in [0.05, 0.1) is 12.0 Å². The first-order chi connectivity index (χ1) is 13.0. The monoisotopic (exact) mass is 388 g/mol. The Hall–Kier alpha value is -2.05. The standard InChI is InChI=1S/C21H28N2O3S/c1-4-17(2)18-5-11-21(12-6-18)27(24,25)23-15-13-22(14-16-23)19-7-9-20(26-3)10-8-19/h5-12,17H,4,13-16H2,1-3H3/t17-/m0/s1. The molecule has 0 amide bonds. The largest absolute Gasteiger partial charge is 0.497 e. The molecule has 0 bridgehead atoms. The van der Waals surface area contributed by atoms with E-state index in [1.165, 1.54) is 5.56 Å². The summed E-state index contributed by atoms with van der Waals surface area (Å²) in [6.07, 6.45) is 1.04. The lowest BCUT2D eigenvalue weighted by Crippen LogP contribution is -2.48. The molecule has 0 aliphatic carbocycles. The number of hydrogen-bond acceptors (Lipinski definition) is 4. The maximum atomic E-state index is 13.0. The predicted octanol–water partition coefficient (Wildman–Crippen LogP) is 3.72. The maximum Gasteiger partial charge on any atom is 0.243 e. The Morgan fingerprint density at radius 2 is 1.56 bits per heavy atom. The zero-order valence-electron chi connectivity index (χ0n) is 16.3. The fourth-order valence-electron chi connectivity index (χ4n) is 3.33. The van der Waals surface area contributed by atoms with E-state index in [1.54, 1.807) is 23.5 Å². The van der Waals surface area contributed by atoms with Crippen LogP contribution in [0.4, 0.5) is 5.69 Å². The van der Waals surface area contributed by atoms with Crippen LogP contribution in [0.1, 0.15) is 31.7 Å². The van der Waals surface area contributed by atoms with E-state index in [0.29, 0.717) is 37.0 Å². The van der Waals surface area contributed by atoms with Gasteiger partial charge < -0.3 is 9.64 Å².